The van der Waals surface area contributed by atoms with Crippen molar-refractivity contribution in [2.24, 2.45) is 0 Å². The zero-order valence-corrected chi connectivity index (χ0v) is 12.3. The fourth-order valence-corrected chi connectivity index (χ4v) is 2.25. The number of fused-ring (bicyclic) bond motifs is 1. The van der Waals surface area contributed by atoms with Crippen LogP contribution >= 0.6 is 0 Å². The van der Waals surface area contributed by atoms with E-state index in [0.717, 1.165) is 17.7 Å². The quantitative estimate of drug-likeness (QED) is 0.483. The molecule has 21 heavy (non-hydrogen) atoms. The van der Waals surface area contributed by atoms with Crippen molar-refractivity contribution < 1.29 is 19.0 Å². The number of hydrogen-bond acceptors (Lipinski definition) is 5. The van der Waals surface area contributed by atoms with E-state index in [0.29, 0.717) is 17.9 Å². The van der Waals surface area contributed by atoms with Gasteiger partial charge >= 0.3 is 5.97 Å². The van der Waals surface area contributed by atoms with Crippen LogP contribution in [0.5, 0.6) is 11.5 Å². The van der Waals surface area contributed by atoms with E-state index in [2.05, 4.69) is 4.74 Å². The topological polar surface area (TPSA) is 68.5 Å². The molecular weight excluding hydrogens is 270 g/mol. The van der Waals surface area contributed by atoms with Crippen molar-refractivity contribution in [1.29, 1.82) is 5.26 Å². The van der Waals surface area contributed by atoms with Gasteiger partial charge in [-0.3, -0.25) is 0 Å². The van der Waals surface area contributed by atoms with Gasteiger partial charge < -0.3 is 14.2 Å². The highest BCUT2D eigenvalue weighted by atomic mass is 16.5. The fraction of sp³-hybridized carbons (Fsp3) is 0.375. The molecule has 2 rings (SSSR count). The zero-order valence-electron chi connectivity index (χ0n) is 12.3. The van der Waals surface area contributed by atoms with E-state index in [-0.39, 0.29) is 11.7 Å². The second-order valence-corrected chi connectivity index (χ2v) is 4.72. The van der Waals surface area contributed by atoms with Crippen molar-refractivity contribution >= 4 is 12.0 Å². The highest BCUT2D eigenvalue weighted by Gasteiger charge is 2.22. The predicted octanol–water partition coefficient (Wildman–Crippen LogP) is 2.49. The summed E-state index contributed by atoms with van der Waals surface area (Å²) in [5.74, 6) is 0.722. The molecule has 1 aromatic carbocycles. The molecular formula is C16H17NO4. The van der Waals surface area contributed by atoms with Gasteiger partial charge in [0, 0.05) is 17.5 Å². The van der Waals surface area contributed by atoms with Crippen molar-refractivity contribution in [2.75, 3.05) is 13.7 Å². The number of nitriles is 1. The minimum atomic E-state index is -0.672. The molecule has 0 amide bonds. The summed E-state index contributed by atoms with van der Waals surface area (Å²) in [6.07, 6.45) is 2.40. The van der Waals surface area contributed by atoms with Gasteiger partial charge in [-0.25, -0.2) is 4.79 Å². The fourth-order valence-electron chi connectivity index (χ4n) is 2.25. The van der Waals surface area contributed by atoms with E-state index in [9.17, 15) is 4.79 Å². The van der Waals surface area contributed by atoms with Crippen molar-refractivity contribution in [3.63, 3.8) is 0 Å². The molecule has 0 saturated carbocycles. The Hall–Kier alpha value is -2.48. The summed E-state index contributed by atoms with van der Waals surface area (Å²) in [7, 11) is 1.24. The Morgan fingerprint density at radius 3 is 2.95 bits per heavy atom. The van der Waals surface area contributed by atoms with Crippen LogP contribution in [0.3, 0.4) is 0 Å². The van der Waals surface area contributed by atoms with Gasteiger partial charge in [-0.1, -0.05) is 0 Å². The normalized spacial score (nSPS) is 16.7. The first-order chi connectivity index (χ1) is 10.1. The molecule has 1 heterocycles. The molecule has 0 spiro atoms. The van der Waals surface area contributed by atoms with Crippen LogP contribution in [0.25, 0.3) is 6.08 Å². The Morgan fingerprint density at radius 1 is 1.57 bits per heavy atom. The largest absolute Gasteiger partial charge is 0.493 e. The number of benzene rings is 1. The number of ether oxygens (including phenoxy) is 3. The molecule has 1 aliphatic rings. The van der Waals surface area contributed by atoms with Crippen LogP contribution in [-0.4, -0.2) is 25.8 Å². The Kier molecular flexibility index (Phi) is 4.49. The number of esters is 1. The van der Waals surface area contributed by atoms with E-state index in [1.807, 2.05) is 26.0 Å². The van der Waals surface area contributed by atoms with Gasteiger partial charge in [0.25, 0.3) is 0 Å². The maximum atomic E-state index is 11.5. The Morgan fingerprint density at radius 2 is 2.33 bits per heavy atom. The highest BCUT2D eigenvalue weighted by Crippen LogP contribution is 2.36. The monoisotopic (exact) mass is 287 g/mol. The number of carbonyl (C=O) groups excluding carboxylic acids is 1. The molecule has 0 unspecified atom stereocenters. The first kappa shape index (κ1) is 14.9. The average molecular weight is 287 g/mol. The number of carbonyl (C=O) groups is 1. The van der Waals surface area contributed by atoms with E-state index >= 15 is 0 Å². The highest BCUT2D eigenvalue weighted by molar-refractivity contribution is 5.98. The SMILES string of the molecule is CCOc1cc2c(cc1/C=C(\C#N)C(=O)OC)O[C@H](C)C2. The zero-order chi connectivity index (χ0) is 15.4. The molecule has 0 fully saturated rings. The molecule has 0 N–H and O–H groups in total. The third-order valence-electron chi connectivity index (χ3n) is 3.15. The van der Waals surface area contributed by atoms with Crippen LogP contribution < -0.4 is 9.47 Å². The first-order valence-electron chi connectivity index (χ1n) is 6.75. The smallest absolute Gasteiger partial charge is 0.348 e. The second kappa shape index (κ2) is 6.31. The summed E-state index contributed by atoms with van der Waals surface area (Å²) in [6, 6.07) is 5.54. The van der Waals surface area contributed by atoms with Gasteiger partial charge in [0.2, 0.25) is 0 Å². The molecule has 5 heteroatoms. The molecule has 0 aromatic heterocycles. The lowest BCUT2D eigenvalue weighted by Gasteiger charge is -2.10. The van der Waals surface area contributed by atoms with Gasteiger partial charge in [-0.2, -0.15) is 5.26 Å². The standard InChI is InChI=1S/C16H17NO4/c1-4-20-14-7-11-5-10(2)21-15(11)8-12(14)6-13(9-17)16(18)19-3/h6-8,10H,4-5H2,1-3H3/b13-6+/t10-/m1/s1. The number of rotatable bonds is 4. The van der Waals surface area contributed by atoms with Crippen molar-refractivity contribution in [3.8, 4) is 17.6 Å². The number of nitrogens with zero attached hydrogens (tertiary/aromatic N) is 1. The minimum Gasteiger partial charge on any atom is -0.493 e. The van der Waals surface area contributed by atoms with Gasteiger partial charge in [0.05, 0.1) is 13.7 Å². The molecule has 1 aliphatic heterocycles. The molecule has 0 radical (unpaired) electrons. The molecule has 5 nitrogen and oxygen atoms in total. The second-order valence-electron chi connectivity index (χ2n) is 4.72. The predicted molar refractivity (Wildman–Crippen MR) is 77.0 cm³/mol. The van der Waals surface area contributed by atoms with Gasteiger partial charge in [-0.15, -0.1) is 0 Å². The number of hydrogen-bond donors (Lipinski definition) is 0. The molecule has 110 valence electrons. The molecule has 1 atom stereocenters. The average Bonchev–Trinajstić information content (AvgIpc) is 2.83. The lowest BCUT2D eigenvalue weighted by Crippen LogP contribution is -2.05. The first-order valence-corrected chi connectivity index (χ1v) is 6.75. The van der Waals surface area contributed by atoms with Crippen LogP contribution in [0.15, 0.2) is 17.7 Å². The third kappa shape index (κ3) is 3.16. The third-order valence-corrected chi connectivity index (χ3v) is 3.15. The molecule has 0 saturated heterocycles. The summed E-state index contributed by atoms with van der Waals surface area (Å²) < 4.78 is 15.9. The van der Waals surface area contributed by atoms with Crippen molar-refractivity contribution in [2.45, 2.75) is 26.4 Å². The number of methoxy groups -OCH3 is 1. The minimum absolute atomic E-state index is 0.0792. The van der Waals surface area contributed by atoms with Crippen LogP contribution in [0.2, 0.25) is 0 Å². The lowest BCUT2D eigenvalue weighted by molar-refractivity contribution is -0.135. The lowest BCUT2D eigenvalue weighted by atomic mass is 10.0. The van der Waals surface area contributed by atoms with E-state index in [1.165, 1.54) is 13.2 Å². The Bertz CT molecular complexity index is 628. The summed E-state index contributed by atoms with van der Waals surface area (Å²) in [4.78, 5) is 11.5. The van der Waals surface area contributed by atoms with Crippen LogP contribution in [0.1, 0.15) is 25.0 Å². The Labute approximate surface area is 123 Å². The maximum Gasteiger partial charge on any atom is 0.348 e. The summed E-state index contributed by atoms with van der Waals surface area (Å²) in [6.45, 7) is 4.37. The molecule has 0 bridgehead atoms. The van der Waals surface area contributed by atoms with Gasteiger partial charge in [0.1, 0.15) is 29.2 Å². The van der Waals surface area contributed by atoms with E-state index < -0.39 is 5.97 Å². The van der Waals surface area contributed by atoms with Crippen LogP contribution in [0.4, 0.5) is 0 Å². The Balaban J connectivity index is 2.47. The molecule has 1 aromatic rings. The van der Waals surface area contributed by atoms with Crippen LogP contribution in [0, 0.1) is 11.3 Å². The van der Waals surface area contributed by atoms with E-state index in [1.54, 1.807) is 6.07 Å². The molecule has 0 aliphatic carbocycles. The van der Waals surface area contributed by atoms with Gasteiger partial charge in [0.15, 0.2) is 0 Å². The van der Waals surface area contributed by atoms with Crippen molar-refractivity contribution in [1.82, 2.24) is 0 Å². The van der Waals surface area contributed by atoms with E-state index in [4.69, 9.17) is 14.7 Å². The van der Waals surface area contributed by atoms with Crippen molar-refractivity contribution in [3.05, 3.63) is 28.8 Å². The summed E-state index contributed by atoms with van der Waals surface area (Å²) >= 11 is 0. The van der Waals surface area contributed by atoms with Crippen LogP contribution in [-0.2, 0) is 16.0 Å². The van der Waals surface area contributed by atoms with Gasteiger partial charge in [-0.05, 0) is 32.1 Å². The summed E-state index contributed by atoms with van der Waals surface area (Å²) in [5, 5.41) is 9.05. The maximum absolute atomic E-state index is 11.5. The summed E-state index contributed by atoms with van der Waals surface area (Å²) in [5.41, 5.74) is 1.62.